The van der Waals surface area contributed by atoms with E-state index in [-0.39, 0.29) is 28.0 Å². The van der Waals surface area contributed by atoms with E-state index in [4.69, 9.17) is 21.1 Å². The van der Waals surface area contributed by atoms with Crippen LogP contribution in [0.3, 0.4) is 0 Å². The van der Waals surface area contributed by atoms with Gasteiger partial charge in [0.05, 0.1) is 24.8 Å². The third-order valence-electron chi connectivity index (χ3n) is 4.78. The summed E-state index contributed by atoms with van der Waals surface area (Å²) in [6.45, 7) is 1.75. The van der Waals surface area contributed by atoms with Gasteiger partial charge in [0.25, 0.3) is 5.69 Å². The van der Waals surface area contributed by atoms with Gasteiger partial charge in [0.2, 0.25) is 0 Å². The van der Waals surface area contributed by atoms with E-state index >= 15 is 0 Å². The average molecular weight is 473 g/mol. The Bertz CT molecular complexity index is 1180. The summed E-state index contributed by atoms with van der Waals surface area (Å²) in [4.78, 5) is 33.1. The molecule has 33 heavy (non-hydrogen) atoms. The standard InChI is InChI=1S/C21H21ClN6O5/c1-12-15(32-3)9-16(33-4)19(22)20(12)26-21(29)27(2)18-10-17(23-11-24-18)25-13-7-5-6-8-14(13)28(30)31/h5-11H,1-4H3,(H,26,29)(H,23,24,25). The number of nitro benzene ring substituents is 1. The molecule has 11 nitrogen and oxygen atoms in total. The van der Waals surface area contributed by atoms with Crippen molar-refractivity contribution in [3.63, 3.8) is 0 Å². The van der Waals surface area contributed by atoms with Crippen LogP contribution in [0.2, 0.25) is 5.02 Å². The molecule has 2 amide bonds. The fourth-order valence-corrected chi connectivity index (χ4v) is 3.30. The van der Waals surface area contributed by atoms with Crippen molar-refractivity contribution in [2.24, 2.45) is 0 Å². The predicted molar refractivity (Wildman–Crippen MR) is 125 cm³/mol. The van der Waals surface area contributed by atoms with Gasteiger partial charge < -0.3 is 20.1 Å². The molecule has 0 unspecified atom stereocenters. The largest absolute Gasteiger partial charge is 0.496 e. The lowest BCUT2D eigenvalue weighted by Crippen LogP contribution is -2.32. The molecule has 2 aromatic carbocycles. The summed E-state index contributed by atoms with van der Waals surface area (Å²) < 4.78 is 10.6. The van der Waals surface area contributed by atoms with Crippen molar-refractivity contribution in [1.29, 1.82) is 0 Å². The third kappa shape index (κ3) is 5.04. The molecule has 3 aromatic rings. The SMILES string of the molecule is COc1cc(OC)c(Cl)c(NC(=O)N(C)c2cc(Nc3ccccc3[N+](=O)[O-])ncn2)c1C. The van der Waals surface area contributed by atoms with Gasteiger partial charge in [-0.3, -0.25) is 15.0 Å². The van der Waals surface area contributed by atoms with Gasteiger partial charge >= 0.3 is 6.03 Å². The molecule has 1 aromatic heterocycles. The maximum atomic E-state index is 12.9. The molecule has 0 bridgehead atoms. The van der Waals surface area contributed by atoms with Crippen molar-refractivity contribution in [1.82, 2.24) is 9.97 Å². The number of nitrogens with one attached hydrogen (secondary N) is 2. The number of rotatable bonds is 7. The number of amides is 2. The minimum Gasteiger partial charge on any atom is -0.496 e. The Morgan fingerprint density at radius 2 is 1.85 bits per heavy atom. The van der Waals surface area contributed by atoms with E-state index in [9.17, 15) is 14.9 Å². The molecule has 12 heteroatoms. The van der Waals surface area contributed by atoms with Crippen LogP contribution in [0.4, 0.5) is 33.5 Å². The lowest BCUT2D eigenvalue weighted by Gasteiger charge is -2.21. The zero-order valence-corrected chi connectivity index (χ0v) is 19.0. The number of hydrogen-bond donors (Lipinski definition) is 2. The highest BCUT2D eigenvalue weighted by Crippen LogP contribution is 2.40. The van der Waals surface area contributed by atoms with Crippen molar-refractivity contribution < 1.29 is 19.2 Å². The van der Waals surface area contributed by atoms with Gasteiger partial charge in [0, 0.05) is 30.8 Å². The van der Waals surface area contributed by atoms with Crippen LogP contribution in [0, 0.1) is 17.0 Å². The van der Waals surface area contributed by atoms with Gasteiger partial charge in [-0.15, -0.1) is 0 Å². The summed E-state index contributed by atoms with van der Waals surface area (Å²) in [7, 11) is 4.47. The Kier molecular flexibility index (Phi) is 7.13. The zero-order valence-electron chi connectivity index (χ0n) is 18.2. The van der Waals surface area contributed by atoms with Gasteiger partial charge in [0.1, 0.15) is 40.2 Å². The number of aromatic nitrogens is 2. The number of ether oxygens (including phenoxy) is 2. The summed E-state index contributed by atoms with van der Waals surface area (Å²) in [5.74, 6) is 1.35. The first-order valence-corrected chi connectivity index (χ1v) is 9.92. The van der Waals surface area contributed by atoms with Crippen molar-refractivity contribution in [2.75, 3.05) is 36.8 Å². The number of anilines is 4. The van der Waals surface area contributed by atoms with E-state index < -0.39 is 11.0 Å². The number of methoxy groups -OCH3 is 2. The highest BCUT2D eigenvalue weighted by Gasteiger charge is 2.21. The monoisotopic (exact) mass is 472 g/mol. The number of halogens is 1. The Balaban J connectivity index is 1.85. The van der Waals surface area contributed by atoms with Crippen LogP contribution in [0.25, 0.3) is 0 Å². The molecule has 172 valence electrons. The number of carbonyl (C=O) groups is 1. The molecule has 2 N–H and O–H groups in total. The van der Waals surface area contributed by atoms with Crippen molar-refractivity contribution in [2.45, 2.75) is 6.92 Å². The van der Waals surface area contributed by atoms with Gasteiger partial charge in [-0.2, -0.15) is 0 Å². The van der Waals surface area contributed by atoms with E-state index in [1.807, 2.05) is 0 Å². The molecular weight excluding hydrogens is 452 g/mol. The number of carbonyl (C=O) groups excluding carboxylic acids is 1. The Hall–Kier alpha value is -4.12. The van der Waals surface area contributed by atoms with Crippen molar-refractivity contribution in [3.05, 3.63) is 63.4 Å². The molecule has 0 radical (unpaired) electrons. The highest BCUT2D eigenvalue weighted by molar-refractivity contribution is 6.35. The van der Waals surface area contributed by atoms with Crippen molar-refractivity contribution >= 4 is 46.3 Å². The fraction of sp³-hybridized carbons (Fsp3) is 0.190. The first-order chi connectivity index (χ1) is 15.8. The number of nitro groups is 1. The average Bonchev–Trinajstić information content (AvgIpc) is 2.81. The molecule has 0 spiro atoms. The zero-order chi connectivity index (χ0) is 24.1. The first-order valence-electron chi connectivity index (χ1n) is 9.55. The molecule has 0 aliphatic rings. The summed E-state index contributed by atoms with van der Waals surface area (Å²) >= 11 is 6.39. The van der Waals surface area contributed by atoms with E-state index in [2.05, 4.69) is 20.6 Å². The number of benzene rings is 2. The summed E-state index contributed by atoms with van der Waals surface area (Å²) in [6, 6.07) is 8.72. The summed E-state index contributed by atoms with van der Waals surface area (Å²) in [6.07, 6.45) is 1.24. The van der Waals surface area contributed by atoms with E-state index in [0.29, 0.717) is 22.7 Å². The molecule has 0 fully saturated rings. The Morgan fingerprint density at radius 3 is 2.52 bits per heavy atom. The Labute approximate surface area is 194 Å². The molecule has 0 atom stereocenters. The fourth-order valence-electron chi connectivity index (χ4n) is 2.98. The minimum absolute atomic E-state index is 0.110. The van der Waals surface area contributed by atoms with Gasteiger partial charge in [-0.25, -0.2) is 14.8 Å². The second-order valence-corrected chi connectivity index (χ2v) is 7.12. The molecule has 0 saturated carbocycles. The van der Waals surface area contributed by atoms with E-state index in [1.165, 1.54) is 44.6 Å². The second kappa shape index (κ2) is 10.0. The van der Waals surface area contributed by atoms with Gasteiger partial charge in [-0.05, 0) is 13.0 Å². The quantitative estimate of drug-likeness (QED) is 0.371. The smallest absolute Gasteiger partial charge is 0.327 e. The lowest BCUT2D eigenvalue weighted by molar-refractivity contribution is -0.383. The number of para-hydroxylation sites is 2. The third-order valence-corrected chi connectivity index (χ3v) is 5.15. The maximum absolute atomic E-state index is 12.9. The first kappa shape index (κ1) is 23.5. The van der Waals surface area contributed by atoms with Crippen molar-refractivity contribution in [3.8, 4) is 11.5 Å². The molecule has 1 heterocycles. The van der Waals surface area contributed by atoms with Crippen LogP contribution in [0.1, 0.15) is 5.56 Å². The molecule has 0 aliphatic heterocycles. The van der Waals surface area contributed by atoms with E-state index in [1.54, 1.807) is 31.2 Å². The topological polar surface area (TPSA) is 132 Å². The number of hydrogen-bond acceptors (Lipinski definition) is 8. The number of nitrogens with zero attached hydrogens (tertiary/aromatic N) is 4. The van der Waals surface area contributed by atoms with Crippen LogP contribution in [0.5, 0.6) is 11.5 Å². The summed E-state index contributed by atoms with van der Waals surface area (Å²) in [5, 5.41) is 17.1. The second-order valence-electron chi connectivity index (χ2n) is 6.74. The molecule has 0 aliphatic carbocycles. The molecule has 0 saturated heterocycles. The minimum atomic E-state index is -0.536. The summed E-state index contributed by atoms with van der Waals surface area (Å²) in [5.41, 5.74) is 1.09. The lowest BCUT2D eigenvalue weighted by atomic mass is 10.1. The predicted octanol–water partition coefficient (Wildman–Crippen LogP) is 4.78. The normalized spacial score (nSPS) is 10.3. The molecular formula is C21H21ClN6O5. The van der Waals surface area contributed by atoms with Crippen LogP contribution >= 0.6 is 11.6 Å². The van der Waals surface area contributed by atoms with Crippen LogP contribution in [-0.2, 0) is 0 Å². The highest BCUT2D eigenvalue weighted by atomic mass is 35.5. The maximum Gasteiger partial charge on any atom is 0.327 e. The van der Waals surface area contributed by atoms with Crippen LogP contribution in [0.15, 0.2) is 42.7 Å². The van der Waals surface area contributed by atoms with Gasteiger partial charge in [0.15, 0.2) is 0 Å². The number of urea groups is 1. The molecule has 3 rings (SSSR count). The Morgan fingerprint density at radius 1 is 1.15 bits per heavy atom. The van der Waals surface area contributed by atoms with E-state index in [0.717, 1.165) is 0 Å². The van der Waals surface area contributed by atoms with Crippen LogP contribution < -0.4 is 25.0 Å². The van der Waals surface area contributed by atoms with Crippen LogP contribution in [-0.4, -0.2) is 42.2 Å². The van der Waals surface area contributed by atoms with Gasteiger partial charge in [-0.1, -0.05) is 23.7 Å².